The van der Waals surface area contributed by atoms with Gasteiger partial charge < -0.3 is 0 Å². The lowest BCUT2D eigenvalue weighted by molar-refractivity contribution is -0.112. The van der Waals surface area contributed by atoms with Crippen LogP contribution in [0.5, 0.6) is 0 Å². The minimum Gasteiger partial charge on any atom is -0.281 e. The van der Waals surface area contributed by atoms with Gasteiger partial charge in [-0.05, 0) is 30.4 Å². The number of hydrogen-bond donors (Lipinski definition) is 0. The highest BCUT2D eigenvalue weighted by molar-refractivity contribution is 6.63. The molecule has 0 bridgehead atoms. The number of halogens is 1. The Labute approximate surface area is 73.4 Å². The van der Waals surface area contributed by atoms with Crippen molar-refractivity contribution in [3.05, 3.63) is 12.2 Å². The first-order valence-electron chi connectivity index (χ1n) is 4.05. The number of allylic oxidation sites excluding steroid dienone is 2. The van der Waals surface area contributed by atoms with Gasteiger partial charge in [0.25, 0.3) is 0 Å². The lowest BCUT2D eigenvalue weighted by atomic mass is 10.0. The molecule has 0 fully saturated rings. The lowest BCUT2D eigenvalue weighted by Gasteiger charge is -2.04. The molecule has 0 aliphatic heterocycles. The SMILES string of the molecule is CC/C=C/[C@H](CC)CC(=O)Cl. The highest BCUT2D eigenvalue weighted by Crippen LogP contribution is 2.11. The molecule has 0 amide bonds. The smallest absolute Gasteiger partial charge is 0.222 e. The summed E-state index contributed by atoms with van der Waals surface area (Å²) in [6.07, 6.45) is 6.62. The van der Waals surface area contributed by atoms with E-state index in [0.717, 1.165) is 12.8 Å². The van der Waals surface area contributed by atoms with E-state index in [2.05, 4.69) is 26.0 Å². The first kappa shape index (κ1) is 10.7. The fourth-order valence-electron chi connectivity index (χ4n) is 0.883. The van der Waals surface area contributed by atoms with E-state index >= 15 is 0 Å². The topological polar surface area (TPSA) is 17.1 Å². The van der Waals surface area contributed by atoms with Crippen LogP contribution in [0.25, 0.3) is 0 Å². The molecule has 0 aliphatic carbocycles. The van der Waals surface area contributed by atoms with Crippen LogP contribution in [0.1, 0.15) is 33.1 Å². The molecule has 0 N–H and O–H groups in total. The van der Waals surface area contributed by atoms with E-state index in [1.165, 1.54) is 0 Å². The van der Waals surface area contributed by atoms with E-state index in [1.54, 1.807) is 0 Å². The van der Waals surface area contributed by atoms with Crippen LogP contribution in [-0.4, -0.2) is 5.24 Å². The number of hydrogen-bond acceptors (Lipinski definition) is 1. The molecule has 0 radical (unpaired) electrons. The van der Waals surface area contributed by atoms with Gasteiger partial charge >= 0.3 is 0 Å². The molecule has 0 aliphatic rings. The molecular weight excluding hydrogens is 160 g/mol. The Balaban J connectivity index is 3.75. The van der Waals surface area contributed by atoms with Crippen LogP contribution in [0.3, 0.4) is 0 Å². The van der Waals surface area contributed by atoms with E-state index in [0.29, 0.717) is 12.3 Å². The van der Waals surface area contributed by atoms with Crippen molar-refractivity contribution in [3.63, 3.8) is 0 Å². The van der Waals surface area contributed by atoms with Gasteiger partial charge in [-0.15, -0.1) is 0 Å². The van der Waals surface area contributed by atoms with Crippen molar-refractivity contribution in [2.24, 2.45) is 5.92 Å². The molecule has 11 heavy (non-hydrogen) atoms. The normalized spacial score (nSPS) is 13.7. The summed E-state index contributed by atoms with van der Waals surface area (Å²) in [6, 6.07) is 0. The van der Waals surface area contributed by atoms with Crippen LogP contribution in [-0.2, 0) is 4.79 Å². The number of rotatable bonds is 5. The standard InChI is InChI=1S/C9H15ClO/c1-3-5-6-8(4-2)7-9(10)11/h5-6,8H,3-4,7H2,1-2H3/b6-5+/t8-/m0/s1. The highest BCUT2D eigenvalue weighted by atomic mass is 35.5. The first-order chi connectivity index (χ1) is 5.20. The van der Waals surface area contributed by atoms with E-state index in [9.17, 15) is 4.79 Å². The Kier molecular flexibility index (Phi) is 6.24. The first-order valence-corrected chi connectivity index (χ1v) is 4.43. The fourth-order valence-corrected chi connectivity index (χ4v) is 1.08. The molecule has 1 nitrogen and oxygen atoms in total. The third-order valence-electron chi connectivity index (χ3n) is 1.59. The predicted octanol–water partition coefficient (Wildman–Crippen LogP) is 3.13. The second kappa shape index (κ2) is 6.41. The quantitative estimate of drug-likeness (QED) is 0.462. The third kappa shape index (κ3) is 6.11. The minimum atomic E-state index is -0.238. The summed E-state index contributed by atoms with van der Waals surface area (Å²) in [7, 11) is 0. The summed E-state index contributed by atoms with van der Waals surface area (Å²) in [4.78, 5) is 10.5. The maximum atomic E-state index is 10.5. The molecule has 0 saturated carbocycles. The molecule has 0 unspecified atom stereocenters. The fraction of sp³-hybridized carbons (Fsp3) is 0.667. The second-order valence-electron chi connectivity index (χ2n) is 2.56. The van der Waals surface area contributed by atoms with Gasteiger partial charge in [0.05, 0.1) is 0 Å². The molecule has 0 spiro atoms. The Morgan fingerprint density at radius 1 is 1.55 bits per heavy atom. The Morgan fingerprint density at radius 3 is 2.55 bits per heavy atom. The van der Waals surface area contributed by atoms with Gasteiger partial charge in [-0.2, -0.15) is 0 Å². The van der Waals surface area contributed by atoms with Crippen LogP contribution in [0.2, 0.25) is 0 Å². The van der Waals surface area contributed by atoms with Crippen molar-refractivity contribution in [1.29, 1.82) is 0 Å². The number of carbonyl (C=O) groups excluding carboxylic acids is 1. The van der Waals surface area contributed by atoms with E-state index in [4.69, 9.17) is 11.6 Å². The summed E-state index contributed by atoms with van der Waals surface area (Å²) < 4.78 is 0. The zero-order chi connectivity index (χ0) is 8.69. The van der Waals surface area contributed by atoms with Gasteiger partial charge in [0, 0.05) is 6.42 Å². The monoisotopic (exact) mass is 174 g/mol. The molecule has 2 heteroatoms. The predicted molar refractivity (Wildman–Crippen MR) is 48.7 cm³/mol. The Morgan fingerprint density at radius 2 is 2.18 bits per heavy atom. The zero-order valence-electron chi connectivity index (χ0n) is 7.14. The molecule has 0 aromatic carbocycles. The maximum absolute atomic E-state index is 10.5. The van der Waals surface area contributed by atoms with Crippen molar-refractivity contribution in [2.45, 2.75) is 33.1 Å². The summed E-state index contributed by atoms with van der Waals surface area (Å²) in [5.74, 6) is 0.333. The molecule has 0 aromatic heterocycles. The molecule has 0 rings (SSSR count). The zero-order valence-corrected chi connectivity index (χ0v) is 7.90. The van der Waals surface area contributed by atoms with Gasteiger partial charge in [0.2, 0.25) is 5.24 Å². The van der Waals surface area contributed by atoms with E-state index in [-0.39, 0.29) is 5.24 Å². The largest absolute Gasteiger partial charge is 0.281 e. The van der Waals surface area contributed by atoms with E-state index < -0.39 is 0 Å². The van der Waals surface area contributed by atoms with Crippen molar-refractivity contribution < 1.29 is 4.79 Å². The van der Waals surface area contributed by atoms with Gasteiger partial charge in [0.15, 0.2) is 0 Å². The summed E-state index contributed by atoms with van der Waals surface area (Å²) >= 11 is 5.26. The maximum Gasteiger partial charge on any atom is 0.222 e. The minimum absolute atomic E-state index is 0.238. The van der Waals surface area contributed by atoms with E-state index in [1.807, 2.05) is 0 Å². The van der Waals surface area contributed by atoms with Gasteiger partial charge in [-0.1, -0.05) is 26.0 Å². The van der Waals surface area contributed by atoms with Crippen molar-refractivity contribution in [3.8, 4) is 0 Å². The van der Waals surface area contributed by atoms with Crippen LogP contribution in [0.15, 0.2) is 12.2 Å². The second-order valence-corrected chi connectivity index (χ2v) is 2.99. The molecule has 0 heterocycles. The molecule has 1 atom stereocenters. The van der Waals surface area contributed by atoms with Crippen molar-refractivity contribution >= 4 is 16.8 Å². The van der Waals surface area contributed by atoms with Crippen LogP contribution in [0.4, 0.5) is 0 Å². The molecular formula is C9H15ClO. The average Bonchev–Trinajstić information content (AvgIpc) is 1.97. The summed E-state index contributed by atoms with van der Waals surface area (Å²) in [5.41, 5.74) is 0. The Hall–Kier alpha value is -0.300. The van der Waals surface area contributed by atoms with Crippen LogP contribution in [0, 0.1) is 5.92 Å². The summed E-state index contributed by atoms with van der Waals surface area (Å²) in [6.45, 7) is 4.14. The highest BCUT2D eigenvalue weighted by Gasteiger charge is 2.05. The lowest BCUT2D eigenvalue weighted by Crippen LogP contribution is -1.99. The van der Waals surface area contributed by atoms with Gasteiger partial charge in [-0.3, -0.25) is 4.79 Å². The number of carbonyl (C=O) groups is 1. The molecule has 0 saturated heterocycles. The van der Waals surface area contributed by atoms with Crippen molar-refractivity contribution in [2.75, 3.05) is 0 Å². The Bertz CT molecular complexity index is 140. The van der Waals surface area contributed by atoms with Crippen LogP contribution >= 0.6 is 11.6 Å². The third-order valence-corrected chi connectivity index (χ3v) is 1.75. The van der Waals surface area contributed by atoms with Gasteiger partial charge in [-0.25, -0.2) is 0 Å². The summed E-state index contributed by atoms with van der Waals surface area (Å²) in [5, 5.41) is -0.238. The molecule has 0 aromatic rings. The molecule has 64 valence electrons. The average molecular weight is 175 g/mol. The van der Waals surface area contributed by atoms with Crippen LogP contribution < -0.4 is 0 Å². The van der Waals surface area contributed by atoms with Crippen molar-refractivity contribution in [1.82, 2.24) is 0 Å². The van der Waals surface area contributed by atoms with Gasteiger partial charge in [0.1, 0.15) is 0 Å².